The van der Waals surface area contributed by atoms with Gasteiger partial charge >= 0.3 is 0 Å². The van der Waals surface area contributed by atoms with Crippen molar-refractivity contribution in [2.24, 2.45) is 0 Å². The van der Waals surface area contributed by atoms with E-state index in [-0.39, 0.29) is 49.1 Å². The third kappa shape index (κ3) is 5.89. The van der Waals surface area contributed by atoms with E-state index >= 15 is 4.39 Å². The first kappa shape index (κ1) is 24.7. The Kier molecular flexibility index (Phi) is 7.71. The van der Waals surface area contributed by atoms with Gasteiger partial charge < -0.3 is 10.1 Å². The number of rotatable bonds is 7. The lowest BCUT2D eigenvalue weighted by Crippen LogP contribution is -2.22. The van der Waals surface area contributed by atoms with Crippen LogP contribution in [0.25, 0.3) is 0 Å². The molecular formula is C22H16BrClFN3O4S. The second kappa shape index (κ2) is 10.3. The first-order valence-corrected chi connectivity index (χ1v) is 12.0. The highest BCUT2D eigenvalue weighted by Crippen LogP contribution is 2.35. The SMILES string of the molecule is CNS(=O)(=O)c1ccccc1NC(=O)Cc1ccc(Br)c(Oc2cc(Cl)cc(C#N)c2)c1F. The maximum atomic E-state index is 15.2. The summed E-state index contributed by atoms with van der Waals surface area (Å²) >= 11 is 9.19. The number of halogens is 3. The van der Waals surface area contributed by atoms with Crippen LogP contribution in [0.4, 0.5) is 10.1 Å². The van der Waals surface area contributed by atoms with Crippen molar-refractivity contribution in [2.75, 3.05) is 12.4 Å². The van der Waals surface area contributed by atoms with Crippen LogP contribution in [0.5, 0.6) is 11.5 Å². The smallest absolute Gasteiger partial charge is 0.242 e. The predicted molar refractivity (Wildman–Crippen MR) is 125 cm³/mol. The maximum Gasteiger partial charge on any atom is 0.242 e. The van der Waals surface area contributed by atoms with Crippen molar-refractivity contribution in [1.29, 1.82) is 5.26 Å². The summed E-state index contributed by atoms with van der Waals surface area (Å²) < 4.78 is 47.6. The lowest BCUT2D eigenvalue weighted by Gasteiger charge is -2.14. The molecule has 0 saturated heterocycles. The molecule has 0 atom stereocenters. The molecule has 7 nitrogen and oxygen atoms in total. The van der Waals surface area contributed by atoms with Gasteiger partial charge in [-0.1, -0.05) is 29.8 Å². The summed E-state index contributed by atoms with van der Waals surface area (Å²) in [6.07, 6.45) is -0.387. The molecule has 0 heterocycles. The average molecular weight is 553 g/mol. The van der Waals surface area contributed by atoms with E-state index < -0.39 is 21.7 Å². The number of sulfonamides is 1. The van der Waals surface area contributed by atoms with Crippen molar-refractivity contribution in [3.05, 3.63) is 81.0 Å². The number of nitriles is 1. The fourth-order valence-electron chi connectivity index (χ4n) is 2.89. The van der Waals surface area contributed by atoms with Gasteiger partial charge in [-0.2, -0.15) is 5.26 Å². The summed E-state index contributed by atoms with van der Waals surface area (Å²) in [5.41, 5.74) is 0.316. The number of benzene rings is 3. The number of carbonyl (C=O) groups is 1. The second-order valence-electron chi connectivity index (χ2n) is 6.67. The number of para-hydroxylation sites is 1. The molecular weight excluding hydrogens is 537 g/mol. The predicted octanol–water partition coefficient (Wildman–Crippen LogP) is 4.99. The fourth-order valence-corrected chi connectivity index (χ4v) is 4.39. The van der Waals surface area contributed by atoms with Gasteiger partial charge in [-0.25, -0.2) is 17.5 Å². The number of anilines is 1. The van der Waals surface area contributed by atoms with Gasteiger partial charge in [0.05, 0.1) is 28.2 Å². The van der Waals surface area contributed by atoms with E-state index in [4.69, 9.17) is 21.6 Å². The van der Waals surface area contributed by atoms with Crippen LogP contribution in [0.3, 0.4) is 0 Å². The molecule has 0 saturated carbocycles. The summed E-state index contributed by atoms with van der Waals surface area (Å²) in [5.74, 6) is -1.47. The molecule has 0 bridgehead atoms. The molecule has 0 aliphatic heterocycles. The number of nitrogens with one attached hydrogen (secondary N) is 2. The highest BCUT2D eigenvalue weighted by molar-refractivity contribution is 9.10. The maximum absolute atomic E-state index is 15.2. The van der Waals surface area contributed by atoms with E-state index in [1.807, 2.05) is 6.07 Å². The lowest BCUT2D eigenvalue weighted by atomic mass is 10.1. The van der Waals surface area contributed by atoms with Crippen LogP contribution in [0, 0.1) is 17.1 Å². The van der Waals surface area contributed by atoms with Gasteiger partial charge in [0.2, 0.25) is 15.9 Å². The highest BCUT2D eigenvalue weighted by Gasteiger charge is 2.20. The van der Waals surface area contributed by atoms with Gasteiger partial charge in [0, 0.05) is 10.6 Å². The zero-order valence-electron chi connectivity index (χ0n) is 17.0. The molecule has 170 valence electrons. The average Bonchev–Trinajstić information content (AvgIpc) is 2.78. The number of ether oxygens (including phenoxy) is 1. The Hall–Kier alpha value is -2.97. The van der Waals surface area contributed by atoms with Gasteiger partial charge in [0.1, 0.15) is 10.6 Å². The zero-order valence-corrected chi connectivity index (χ0v) is 20.2. The van der Waals surface area contributed by atoms with Gasteiger partial charge in [0.25, 0.3) is 0 Å². The summed E-state index contributed by atoms with van der Waals surface area (Å²) in [7, 11) is -2.55. The first-order valence-electron chi connectivity index (χ1n) is 9.32. The van der Waals surface area contributed by atoms with Crippen LogP contribution in [0.15, 0.2) is 64.0 Å². The molecule has 0 unspecified atom stereocenters. The molecule has 0 fully saturated rings. The molecule has 0 radical (unpaired) electrons. The second-order valence-corrected chi connectivity index (χ2v) is 9.81. The Bertz CT molecular complexity index is 1380. The van der Waals surface area contributed by atoms with Crippen LogP contribution in [0.1, 0.15) is 11.1 Å². The lowest BCUT2D eigenvalue weighted by molar-refractivity contribution is -0.115. The number of hydrogen-bond acceptors (Lipinski definition) is 5. The third-order valence-electron chi connectivity index (χ3n) is 4.42. The van der Waals surface area contributed by atoms with Gasteiger partial charge in [-0.3, -0.25) is 4.79 Å². The monoisotopic (exact) mass is 551 g/mol. The van der Waals surface area contributed by atoms with Crippen molar-refractivity contribution < 1.29 is 22.3 Å². The van der Waals surface area contributed by atoms with Gasteiger partial charge in [-0.05, 0) is 59.4 Å². The van der Waals surface area contributed by atoms with Crippen molar-refractivity contribution in [3.63, 3.8) is 0 Å². The Morgan fingerprint density at radius 3 is 2.64 bits per heavy atom. The molecule has 0 aliphatic carbocycles. The van der Waals surface area contributed by atoms with Crippen molar-refractivity contribution >= 4 is 49.1 Å². The summed E-state index contributed by atoms with van der Waals surface area (Å²) in [5, 5.41) is 11.8. The van der Waals surface area contributed by atoms with Crippen molar-refractivity contribution in [2.45, 2.75) is 11.3 Å². The number of nitrogens with zero attached hydrogens (tertiary/aromatic N) is 1. The summed E-state index contributed by atoms with van der Waals surface area (Å²) in [4.78, 5) is 12.5. The number of amides is 1. The van der Waals surface area contributed by atoms with E-state index in [0.29, 0.717) is 0 Å². The molecule has 33 heavy (non-hydrogen) atoms. The molecule has 3 aromatic rings. The Morgan fingerprint density at radius 2 is 1.94 bits per heavy atom. The molecule has 3 rings (SSSR count). The Labute approximate surface area is 203 Å². The minimum atomic E-state index is -3.81. The van der Waals surface area contributed by atoms with Crippen LogP contribution in [0.2, 0.25) is 5.02 Å². The van der Waals surface area contributed by atoms with Crippen LogP contribution in [-0.4, -0.2) is 21.4 Å². The van der Waals surface area contributed by atoms with Crippen molar-refractivity contribution in [1.82, 2.24) is 4.72 Å². The van der Waals surface area contributed by atoms with E-state index in [1.165, 1.54) is 55.6 Å². The van der Waals surface area contributed by atoms with E-state index in [9.17, 15) is 13.2 Å². The summed E-state index contributed by atoms with van der Waals surface area (Å²) in [6.45, 7) is 0. The molecule has 0 spiro atoms. The van der Waals surface area contributed by atoms with Gasteiger partial charge in [-0.15, -0.1) is 0 Å². The van der Waals surface area contributed by atoms with Crippen LogP contribution in [-0.2, 0) is 21.2 Å². The zero-order chi connectivity index (χ0) is 24.2. The first-order chi connectivity index (χ1) is 15.6. The standard InChI is InChI=1S/C22H16BrClFN3O4S/c1-27-33(30,31)19-5-3-2-4-18(19)28-20(29)10-14-6-7-17(23)22(21(14)25)32-16-9-13(12-26)8-15(24)11-16/h2-9,11,27H,10H2,1H3,(H,28,29). The Morgan fingerprint density at radius 1 is 1.21 bits per heavy atom. The Balaban J connectivity index is 1.86. The van der Waals surface area contributed by atoms with Gasteiger partial charge in [0.15, 0.2) is 11.6 Å². The van der Waals surface area contributed by atoms with E-state index in [0.717, 1.165) is 0 Å². The topological polar surface area (TPSA) is 108 Å². The molecule has 0 aliphatic rings. The number of carbonyl (C=O) groups excluding carboxylic acids is 1. The molecule has 11 heteroatoms. The minimum Gasteiger partial charge on any atom is -0.453 e. The van der Waals surface area contributed by atoms with Crippen LogP contribution >= 0.6 is 27.5 Å². The number of hydrogen-bond donors (Lipinski definition) is 2. The van der Waals surface area contributed by atoms with E-state index in [2.05, 4.69) is 26.0 Å². The fraction of sp³-hybridized carbons (Fsp3) is 0.0909. The molecule has 3 aromatic carbocycles. The molecule has 2 N–H and O–H groups in total. The van der Waals surface area contributed by atoms with E-state index in [1.54, 1.807) is 6.07 Å². The largest absolute Gasteiger partial charge is 0.453 e. The van der Waals surface area contributed by atoms with Crippen molar-refractivity contribution in [3.8, 4) is 17.6 Å². The molecule has 0 aromatic heterocycles. The van der Waals surface area contributed by atoms with Crippen LogP contribution < -0.4 is 14.8 Å². The minimum absolute atomic E-state index is 0.0159. The third-order valence-corrected chi connectivity index (χ3v) is 6.73. The quantitative estimate of drug-likeness (QED) is 0.429. The highest BCUT2D eigenvalue weighted by atomic mass is 79.9. The molecule has 1 amide bonds. The normalized spacial score (nSPS) is 11.0. The summed E-state index contributed by atoms with van der Waals surface area (Å²) in [6, 6.07) is 15.0.